The van der Waals surface area contributed by atoms with Gasteiger partial charge in [0.1, 0.15) is 6.61 Å². The van der Waals surface area contributed by atoms with E-state index in [1.165, 1.54) is 0 Å². The summed E-state index contributed by atoms with van der Waals surface area (Å²) in [6, 6.07) is 21.8. The second-order valence-electron chi connectivity index (χ2n) is 8.85. The molecule has 1 fully saturated rings. The van der Waals surface area contributed by atoms with Gasteiger partial charge >= 0.3 is 5.97 Å². The van der Waals surface area contributed by atoms with Crippen molar-refractivity contribution in [2.45, 2.75) is 25.5 Å². The summed E-state index contributed by atoms with van der Waals surface area (Å²) in [5, 5.41) is 9.48. The van der Waals surface area contributed by atoms with Gasteiger partial charge in [-0.25, -0.2) is 0 Å². The van der Waals surface area contributed by atoms with E-state index >= 15 is 0 Å². The third-order valence-electron chi connectivity index (χ3n) is 6.71. The number of nitrogens with zero attached hydrogens (tertiary/aromatic N) is 1. The Kier molecular flexibility index (Phi) is 8.33. The molecular weight excluding hydrogens is 458 g/mol. The SMILES string of the molecule is COc1ccc(C(c2ccc(OCc3ccccc3)c(OC)c2)N2CCC(C(=O)O)CC2)cc1OC. The zero-order valence-corrected chi connectivity index (χ0v) is 21.0. The maximum atomic E-state index is 11.5. The molecule has 1 aliphatic rings. The summed E-state index contributed by atoms with van der Waals surface area (Å²) in [4.78, 5) is 13.8. The zero-order chi connectivity index (χ0) is 25.5. The molecule has 0 saturated carbocycles. The molecule has 0 radical (unpaired) electrons. The highest BCUT2D eigenvalue weighted by atomic mass is 16.5. The summed E-state index contributed by atoms with van der Waals surface area (Å²) < 4.78 is 22.8. The average Bonchev–Trinajstić information content (AvgIpc) is 2.93. The van der Waals surface area contributed by atoms with Gasteiger partial charge in [-0.2, -0.15) is 0 Å². The molecule has 0 spiro atoms. The summed E-state index contributed by atoms with van der Waals surface area (Å²) in [5.74, 6) is 1.59. The van der Waals surface area contributed by atoms with Crippen LogP contribution in [0.25, 0.3) is 0 Å². The number of methoxy groups -OCH3 is 3. The molecule has 7 nitrogen and oxygen atoms in total. The standard InChI is InChI=1S/C29H33NO6/c1-33-24-11-9-22(17-26(24)34-2)28(30-15-13-21(14-16-30)29(31)32)23-10-12-25(27(18-23)35-3)36-19-20-7-5-4-6-8-20/h4-12,17-18,21,28H,13-16,19H2,1-3H3,(H,31,32). The lowest BCUT2D eigenvalue weighted by molar-refractivity contribution is -0.143. The fraction of sp³-hybridized carbons (Fsp3) is 0.345. The lowest BCUT2D eigenvalue weighted by atomic mass is 9.91. The number of piperidine rings is 1. The van der Waals surface area contributed by atoms with Gasteiger partial charge in [0.05, 0.1) is 33.3 Å². The molecule has 1 unspecified atom stereocenters. The number of rotatable bonds is 10. The van der Waals surface area contributed by atoms with Crippen molar-refractivity contribution in [3.05, 3.63) is 83.4 Å². The lowest BCUT2D eigenvalue weighted by Gasteiger charge is -2.37. The molecule has 190 valence electrons. The predicted octanol–water partition coefficient (Wildman–Crippen LogP) is 5.18. The topological polar surface area (TPSA) is 77.5 Å². The maximum absolute atomic E-state index is 11.5. The van der Waals surface area contributed by atoms with Gasteiger partial charge in [-0.15, -0.1) is 0 Å². The highest BCUT2D eigenvalue weighted by Crippen LogP contribution is 2.40. The summed E-state index contributed by atoms with van der Waals surface area (Å²) >= 11 is 0. The third kappa shape index (κ3) is 5.74. The number of benzene rings is 3. The number of carbonyl (C=O) groups is 1. The summed E-state index contributed by atoms with van der Waals surface area (Å²) in [7, 11) is 4.87. The van der Waals surface area contributed by atoms with Crippen LogP contribution in [0.3, 0.4) is 0 Å². The summed E-state index contributed by atoms with van der Waals surface area (Å²) in [6.07, 6.45) is 1.21. The number of hydrogen-bond donors (Lipinski definition) is 1. The van der Waals surface area contributed by atoms with E-state index < -0.39 is 5.97 Å². The van der Waals surface area contributed by atoms with E-state index in [-0.39, 0.29) is 12.0 Å². The van der Waals surface area contributed by atoms with Crippen LogP contribution in [0.1, 0.15) is 35.6 Å². The number of aliphatic carboxylic acids is 1. The van der Waals surface area contributed by atoms with Crippen LogP contribution < -0.4 is 18.9 Å². The molecule has 1 aliphatic heterocycles. The Morgan fingerprint density at radius 2 is 1.39 bits per heavy atom. The van der Waals surface area contributed by atoms with Crippen molar-refractivity contribution >= 4 is 5.97 Å². The van der Waals surface area contributed by atoms with Crippen molar-refractivity contribution in [3.63, 3.8) is 0 Å². The second-order valence-corrected chi connectivity index (χ2v) is 8.85. The molecule has 7 heteroatoms. The molecule has 0 aliphatic carbocycles. The number of carboxylic acids is 1. The molecule has 3 aromatic carbocycles. The molecule has 4 rings (SSSR count). The highest BCUT2D eigenvalue weighted by molar-refractivity contribution is 5.70. The Morgan fingerprint density at radius 3 is 1.94 bits per heavy atom. The van der Waals surface area contributed by atoms with Crippen LogP contribution >= 0.6 is 0 Å². The van der Waals surface area contributed by atoms with Gasteiger partial charge in [-0.3, -0.25) is 9.69 Å². The van der Waals surface area contributed by atoms with Gasteiger partial charge in [0.2, 0.25) is 0 Å². The summed E-state index contributed by atoms with van der Waals surface area (Å²) in [5.41, 5.74) is 3.13. The Bertz CT molecular complexity index is 1160. The van der Waals surface area contributed by atoms with Crippen LogP contribution in [0.5, 0.6) is 23.0 Å². The average molecular weight is 492 g/mol. The van der Waals surface area contributed by atoms with Gasteiger partial charge in [0.25, 0.3) is 0 Å². The number of likely N-dealkylation sites (tertiary alicyclic amines) is 1. The van der Waals surface area contributed by atoms with Crippen LogP contribution in [-0.4, -0.2) is 50.4 Å². The van der Waals surface area contributed by atoms with Crippen LogP contribution in [0.2, 0.25) is 0 Å². The monoisotopic (exact) mass is 491 g/mol. The molecule has 1 saturated heterocycles. The highest BCUT2D eigenvalue weighted by Gasteiger charge is 2.31. The Morgan fingerprint density at radius 1 is 0.833 bits per heavy atom. The molecule has 1 N–H and O–H groups in total. The minimum absolute atomic E-state index is 0.114. The molecule has 0 bridgehead atoms. The van der Waals surface area contributed by atoms with Gasteiger partial charge in [0.15, 0.2) is 23.0 Å². The fourth-order valence-electron chi connectivity index (χ4n) is 4.75. The Labute approximate surface area is 212 Å². The van der Waals surface area contributed by atoms with Crippen LogP contribution in [-0.2, 0) is 11.4 Å². The van der Waals surface area contributed by atoms with Crippen molar-refractivity contribution < 1.29 is 28.8 Å². The predicted molar refractivity (Wildman–Crippen MR) is 137 cm³/mol. The van der Waals surface area contributed by atoms with Crippen molar-refractivity contribution in [1.82, 2.24) is 4.90 Å². The van der Waals surface area contributed by atoms with Crippen molar-refractivity contribution in [2.75, 3.05) is 34.4 Å². The van der Waals surface area contributed by atoms with Gasteiger partial charge < -0.3 is 24.1 Å². The quantitative estimate of drug-likeness (QED) is 0.419. The van der Waals surface area contributed by atoms with E-state index in [9.17, 15) is 9.90 Å². The lowest BCUT2D eigenvalue weighted by Crippen LogP contribution is -2.39. The Hall–Kier alpha value is -3.71. The van der Waals surface area contributed by atoms with E-state index in [1.807, 2.05) is 66.7 Å². The molecular formula is C29H33NO6. The fourth-order valence-corrected chi connectivity index (χ4v) is 4.75. The molecule has 0 amide bonds. The first-order valence-electron chi connectivity index (χ1n) is 12.1. The maximum Gasteiger partial charge on any atom is 0.306 e. The van der Waals surface area contributed by atoms with E-state index in [2.05, 4.69) is 4.90 Å². The van der Waals surface area contributed by atoms with Crippen molar-refractivity contribution in [1.29, 1.82) is 0 Å². The minimum atomic E-state index is -0.723. The first-order valence-corrected chi connectivity index (χ1v) is 12.1. The number of hydrogen-bond acceptors (Lipinski definition) is 6. The first kappa shape index (κ1) is 25.4. The molecule has 1 atom stereocenters. The van der Waals surface area contributed by atoms with E-state index in [4.69, 9.17) is 18.9 Å². The van der Waals surface area contributed by atoms with Crippen molar-refractivity contribution in [3.8, 4) is 23.0 Å². The molecule has 0 aromatic heterocycles. The Balaban J connectivity index is 1.66. The van der Waals surface area contributed by atoms with Gasteiger partial charge in [-0.1, -0.05) is 42.5 Å². The normalized spacial score (nSPS) is 15.2. The van der Waals surface area contributed by atoms with E-state index in [0.29, 0.717) is 55.5 Å². The van der Waals surface area contributed by atoms with E-state index in [1.54, 1.807) is 21.3 Å². The number of ether oxygens (including phenoxy) is 4. The van der Waals surface area contributed by atoms with E-state index in [0.717, 1.165) is 16.7 Å². The van der Waals surface area contributed by atoms with Crippen LogP contribution in [0.15, 0.2) is 66.7 Å². The van der Waals surface area contributed by atoms with Crippen LogP contribution in [0, 0.1) is 5.92 Å². The number of carboxylic acid groups (broad SMARTS) is 1. The third-order valence-corrected chi connectivity index (χ3v) is 6.71. The molecule has 36 heavy (non-hydrogen) atoms. The molecule has 3 aromatic rings. The van der Waals surface area contributed by atoms with Gasteiger partial charge in [-0.05, 0) is 66.9 Å². The zero-order valence-electron chi connectivity index (χ0n) is 21.0. The van der Waals surface area contributed by atoms with Crippen LogP contribution in [0.4, 0.5) is 0 Å². The van der Waals surface area contributed by atoms with Gasteiger partial charge in [0, 0.05) is 0 Å². The van der Waals surface area contributed by atoms with Crippen molar-refractivity contribution in [2.24, 2.45) is 5.92 Å². The molecule has 1 heterocycles. The minimum Gasteiger partial charge on any atom is -0.493 e. The largest absolute Gasteiger partial charge is 0.493 e. The summed E-state index contributed by atoms with van der Waals surface area (Å²) in [6.45, 7) is 1.79. The smallest absolute Gasteiger partial charge is 0.306 e. The first-order chi connectivity index (χ1) is 17.5. The second kappa shape index (κ2) is 11.8.